The first kappa shape index (κ1) is 20.3. The predicted octanol–water partition coefficient (Wildman–Crippen LogP) is 4.36. The molecule has 0 saturated carbocycles. The molecule has 2 aromatic carbocycles. The normalized spacial score (nSPS) is 11.7. The standard InChI is InChI=1S/C24H22N4O3/c1-16-6-8-18(9-7-16)23-27-24(31-28-23)19-10-12-20(13-11-19)30-15-22(29)26-17(2)21-5-3-4-14-25-21/h3-14,17H,15H2,1-2H3,(H,26,29). The first-order chi connectivity index (χ1) is 15.1. The lowest BCUT2D eigenvalue weighted by Crippen LogP contribution is -2.31. The average Bonchev–Trinajstić information content (AvgIpc) is 3.29. The highest BCUT2D eigenvalue weighted by Crippen LogP contribution is 2.24. The molecule has 0 aliphatic heterocycles. The fourth-order valence-electron chi connectivity index (χ4n) is 2.99. The van der Waals surface area contributed by atoms with Crippen molar-refractivity contribution in [2.75, 3.05) is 6.61 Å². The van der Waals surface area contributed by atoms with Crippen LogP contribution in [0.3, 0.4) is 0 Å². The van der Waals surface area contributed by atoms with Crippen LogP contribution in [0.25, 0.3) is 22.8 Å². The highest BCUT2D eigenvalue weighted by molar-refractivity contribution is 5.78. The molecule has 7 heteroatoms. The molecular weight excluding hydrogens is 392 g/mol. The summed E-state index contributed by atoms with van der Waals surface area (Å²) in [4.78, 5) is 20.8. The number of benzene rings is 2. The fraction of sp³-hybridized carbons (Fsp3) is 0.167. The molecule has 0 fully saturated rings. The van der Waals surface area contributed by atoms with Crippen molar-refractivity contribution in [2.45, 2.75) is 19.9 Å². The summed E-state index contributed by atoms with van der Waals surface area (Å²) in [5.41, 5.74) is 3.63. The molecule has 0 aliphatic carbocycles. The Labute approximate surface area is 180 Å². The number of nitrogens with zero attached hydrogens (tertiary/aromatic N) is 3. The third kappa shape index (κ3) is 5.14. The lowest BCUT2D eigenvalue weighted by atomic mass is 10.1. The number of hydrogen-bond donors (Lipinski definition) is 1. The number of nitrogens with one attached hydrogen (secondary N) is 1. The number of carbonyl (C=O) groups is 1. The molecule has 1 amide bonds. The molecule has 1 N–H and O–H groups in total. The molecule has 1 atom stereocenters. The fourth-order valence-corrected chi connectivity index (χ4v) is 2.99. The molecule has 0 bridgehead atoms. The molecule has 4 rings (SSSR count). The van der Waals surface area contributed by atoms with Gasteiger partial charge >= 0.3 is 0 Å². The van der Waals surface area contributed by atoms with Gasteiger partial charge in [0.2, 0.25) is 5.82 Å². The lowest BCUT2D eigenvalue weighted by Gasteiger charge is -2.13. The molecular formula is C24H22N4O3. The minimum absolute atomic E-state index is 0.0886. The summed E-state index contributed by atoms with van der Waals surface area (Å²) in [6.07, 6.45) is 1.70. The third-order valence-corrected chi connectivity index (χ3v) is 4.72. The van der Waals surface area contributed by atoms with Gasteiger partial charge in [0.1, 0.15) is 5.75 Å². The Bertz CT molecular complexity index is 1140. The van der Waals surface area contributed by atoms with Crippen LogP contribution in [0.5, 0.6) is 5.75 Å². The van der Waals surface area contributed by atoms with Crippen molar-refractivity contribution in [1.82, 2.24) is 20.4 Å². The summed E-state index contributed by atoms with van der Waals surface area (Å²) in [5, 5.41) is 6.92. The number of hydrogen-bond acceptors (Lipinski definition) is 6. The van der Waals surface area contributed by atoms with Crippen LogP contribution in [0.1, 0.15) is 24.2 Å². The summed E-state index contributed by atoms with van der Waals surface area (Å²) in [5.74, 6) is 1.31. The predicted molar refractivity (Wildman–Crippen MR) is 116 cm³/mol. The average molecular weight is 414 g/mol. The van der Waals surface area contributed by atoms with E-state index in [1.807, 2.05) is 68.4 Å². The summed E-state index contributed by atoms with van der Waals surface area (Å²) in [6.45, 7) is 3.82. The van der Waals surface area contributed by atoms with Crippen LogP contribution in [0.15, 0.2) is 77.4 Å². The second-order valence-corrected chi connectivity index (χ2v) is 7.15. The van der Waals surface area contributed by atoms with Gasteiger partial charge in [-0.2, -0.15) is 4.98 Å². The third-order valence-electron chi connectivity index (χ3n) is 4.72. The van der Waals surface area contributed by atoms with Crippen LogP contribution in [0, 0.1) is 6.92 Å². The van der Waals surface area contributed by atoms with Crippen molar-refractivity contribution in [3.8, 4) is 28.6 Å². The van der Waals surface area contributed by atoms with E-state index in [2.05, 4.69) is 20.4 Å². The molecule has 0 radical (unpaired) electrons. The van der Waals surface area contributed by atoms with E-state index >= 15 is 0 Å². The highest BCUT2D eigenvalue weighted by atomic mass is 16.5. The van der Waals surface area contributed by atoms with Gasteiger partial charge in [-0.3, -0.25) is 9.78 Å². The van der Waals surface area contributed by atoms with Crippen LogP contribution in [-0.4, -0.2) is 27.6 Å². The zero-order valence-electron chi connectivity index (χ0n) is 17.3. The molecule has 0 spiro atoms. The van der Waals surface area contributed by atoms with Gasteiger partial charge in [0.25, 0.3) is 11.8 Å². The summed E-state index contributed by atoms with van der Waals surface area (Å²) < 4.78 is 11.0. The monoisotopic (exact) mass is 414 g/mol. The van der Waals surface area contributed by atoms with E-state index in [0.29, 0.717) is 17.5 Å². The number of aryl methyl sites for hydroxylation is 1. The minimum Gasteiger partial charge on any atom is -0.484 e. The first-order valence-electron chi connectivity index (χ1n) is 9.93. The molecule has 0 aliphatic rings. The van der Waals surface area contributed by atoms with E-state index in [9.17, 15) is 4.79 Å². The second-order valence-electron chi connectivity index (χ2n) is 7.15. The Balaban J connectivity index is 1.33. The van der Waals surface area contributed by atoms with Crippen molar-refractivity contribution in [3.63, 3.8) is 0 Å². The number of ether oxygens (including phenoxy) is 1. The van der Waals surface area contributed by atoms with Crippen molar-refractivity contribution in [2.24, 2.45) is 0 Å². The van der Waals surface area contributed by atoms with E-state index < -0.39 is 0 Å². The second kappa shape index (κ2) is 9.21. The first-order valence-corrected chi connectivity index (χ1v) is 9.93. The van der Waals surface area contributed by atoms with E-state index in [4.69, 9.17) is 9.26 Å². The number of rotatable bonds is 7. The molecule has 2 heterocycles. The topological polar surface area (TPSA) is 90.1 Å². The molecule has 2 aromatic heterocycles. The van der Waals surface area contributed by atoms with Gasteiger partial charge in [0.15, 0.2) is 6.61 Å². The van der Waals surface area contributed by atoms with Gasteiger partial charge in [0.05, 0.1) is 11.7 Å². The van der Waals surface area contributed by atoms with Gasteiger partial charge < -0.3 is 14.6 Å². The van der Waals surface area contributed by atoms with Gasteiger partial charge in [-0.1, -0.05) is 41.1 Å². The van der Waals surface area contributed by atoms with E-state index in [1.54, 1.807) is 18.3 Å². The Morgan fingerprint density at radius 2 is 1.77 bits per heavy atom. The zero-order valence-corrected chi connectivity index (χ0v) is 17.3. The Kier molecular flexibility index (Phi) is 6.03. The van der Waals surface area contributed by atoms with Crippen molar-refractivity contribution in [1.29, 1.82) is 0 Å². The van der Waals surface area contributed by atoms with Crippen molar-refractivity contribution < 1.29 is 14.1 Å². The Hall–Kier alpha value is -4.00. The smallest absolute Gasteiger partial charge is 0.258 e. The van der Waals surface area contributed by atoms with E-state index in [1.165, 1.54) is 5.56 Å². The van der Waals surface area contributed by atoms with Gasteiger partial charge in [0, 0.05) is 17.3 Å². The molecule has 156 valence electrons. The molecule has 31 heavy (non-hydrogen) atoms. The van der Waals surface area contributed by atoms with E-state index in [0.717, 1.165) is 16.8 Å². The molecule has 7 nitrogen and oxygen atoms in total. The van der Waals surface area contributed by atoms with Crippen LogP contribution >= 0.6 is 0 Å². The van der Waals surface area contributed by atoms with Gasteiger partial charge in [-0.15, -0.1) is 0 Å². The maximum atomic E-state index is 12.1. The van der Waals surface area contributed by atoms with Gasteiger partial charge in [-0.25, -0.2) is 0 Å². The van der Waals surface area contributed by atoms with Crippen molar-refractivity contribution in [3.05, 3.63) is 84.2 Å². The number of pyridine rings is 1. The number of amides is 1. The molecule has 1 unspecified atom stereocenters. The maximum Gasteiger partial charge on any atom is 0.258 e. The van der Waals surface area contributed by atoms with Crippen LogP contribution < -0.4 is 10.1 Å². The minimum atomic E-state index is -0.220. The van der Waals surface area contributed by atoms with Gasteiger partial charge in [-0.05, 0) is 50.2 Å². The molecule has 4 aromatic rings. The SMILES string of the molecule is Cc1ccc(-c2noc(-c3ccc(OCC(=O)NC(C)c4ccccn4)cc3)n2)cc1. The van der Waals surface area contributed by atoms with Crippen LogP contribution in [0.4, 0.5) is 0 Å². The summed E-state index contributed by atoms with van der Waals surface area (Å²) in [7, 11) is 0. The quantitative estimate of drug-likeness (QED) is 0.483. The van der Waals surface area contributed by atoms with E-state index in [-0.39, 0.29) is 18.6 Å². The number of aromatic nitrogens is 3. The highest BCUT2D eigenvalue weighted by Gasteiger charge is 2.12. The summed E-state index contributed by atoms with van der Waals surface area (Å²) in [6, 6.07) is 20.5. The Morgan fingerprint density at radius 1 is 1.03 bits per heavy atom. The van der Waals surface area contributed by atoms with Crippen LogP contribution in [0.2, 0.25) is 0 Å². The summed E-state index contributed by atoms with van der Waals surface area (Å²) >= 11 is 0. The van der Waals surface area contributed by atoms with Crippen LogP contribution in [-0.2, 0) is 4.79 Å². The molecule has 0 saturated heterocycles. The maximum absolute atomic E-state index is 12.1. The largest absolute Gasteiger partial charge is 0.484 e. The lowest BCUT2D eigenvalue weighted by molar-refractivity contribution is -0.123. The van der Waals surface area contributed by atoms with Crippen molar-refractivity contribution >= 4 is 5.91 Å². The zero-order chi connectivity index (χ0) is 21.6. The Morgan fingerprint density at radius 3 is 2.48 bits per heavy atom. The number of carbonyl (C=O) groups excluding carboxylic acids is 1.